The summed E-state index contributed by atoms with van der Waals surface area (Å²) in [5.74, 6) is 0.856. The van der Waals surface area contributed by atoms with E-state index >= 15 is 0 Å². The van der Waals surface area contributed by atoms with Gasteiger partial charge in [0, 0.05) is 30.7 Å². The Bertz CT molecular complexity index is 540. The number of benzene rings is 1. The molecule has 1 N–H and O–H groups in total. The van der Waals surface area contributed by atoms with Crippen LogP contribution in [0.2, 0.25) is 0 Å². The monoisotopic (exact) mass is 288 g/mol. The van der Waals surface area contributed by atoms with Crippen LogP contribution in [0.3, 0.4) is 0 Å². The third-order valence-corrected chi connectivity index (χ3v) is 4.35. The molecule has 0 amide bonds. The highest BCUT2D eigenvalue weighted by Gasteiger charge is 2.20. The largest absolute Gasteiger partial charge is 0.356 e. The second-order valence-corrected chi connectivity index (χ2v) is 6.10. The van der Waals surface area contributed by atoms with Crippen LogP contribution in [0.15, 0.2) is 30.3 Å². The number of piperidine rings is 1. The molecule has 3 rings (SSSR count). The van der Waals surface area contributed by atoms with Crippen LogP contribution in [0.5, 0.6) is 0 Å². The van der Waals surface area contributed by atoms with Crippen molar-refractivity contribution in [1.29, 1.82) is 0 Å². The molecule has 1 fully saturated rings. The third-order valence-electron chi connectivity index (χ3n) is 3.61. The number of hydrogen-bond donors (Lipinski definition) is 1. The number of nitrogens with one attached hydrogen (secondary N) is 1. The molecule has 1 saturated heterocycles. The first-order valence-corrected chi connectivity index (χ1v) is 7.90. The summed E-state index contributed by atoms with van der Waals surface area (Å²) in [5.41, 5.74) is 1.39. The van der Waals surface area contributed by atoms with Gasteiger partial charge in [0.25, 0.3) is 0 Å². The van der Waals surface area contributed by atoms with Crippen molar-refractivity contribution in [3.8, 4) is 0 Å². The van der Waals surface area contributed by atoms with Crippen LogP contribution < -0.4 is 5.32 Å². The SMILES string of the molecule is Cc1nsc(NC2CCCN(Cc3ccccc3)C2)n1. The Morgan fingerprint density at radius 1 is 1.35 bits per heavy atom. The first kappa shape index (κ1) is 13.5. The quantitative estimate of drug-likeness (QED) is 0.939. The minimum Gasteiger partial charge on any atom is -0.356 e. The first-order chi connectivity index (χ1) is 9.79. The van der Waals surface area contributed by atoms with Gasteiger partial charge in [-0.05, 0) is 31.9 Å². The van der Waals surface area contributed by atoms with Crippen LogP contribution in [0, 0.1) is 6.92 Å². The Balaban J connectivity index is 1.56. The van der Waals surface area contributed by atoms with Crippen molar-refractivity contribution >= 4 is 16.7 Å². The van der Waals surface area contributed by atoms with Gasteiger partial charge in [-0.25, -0.2) is 4.98 Å². The van der Waals surface area contributed by atoms with Gasteiger partial charge in [-0.1, -0.05) is 30.3 Å². The molecule has 5 heteroatoms. The van der Waals surface area contributed by atoms with Crippen LogP contribution >= 0.6 is 11.5 Å². The second kappa shape index (κ2) is 6.33. The lowest BCUT2D eigenvalue weighted by molar-refractivity contribution is 0.208. The molecule has 0 spiro atoms. The molecule has 1 aliphatic rings. The molecule has 2 aromatic rings. The van der Waals surface area contributed by atoms with E-state index < -0.39 is 0 Å². The van der Waals surface area contributed by atoms with Crippen molar-refractivity contribution < 1.29 is 0 Å². The van der Waals surface area contributed by atoms with Gasteiger partial charge in [0.15, 0.2) is 0 Å². The minimum absolute atomic E-state index is 0.486. The molecule has 0 saturated carbocycles. The van der Waals surface area contributed by atoms with Crippen LogP contribution in [0.4, 0.5) is 5.13 Å². The number of aryl methyl sites for hydroxylation is 1. The van der Waals surface area contributed by atoms with Crippen molar-refractivity contribution in [3.05, 3.63) is 41.7 Å². The van der Waals surface area contributed by atoms with Crippen molar-refractivity contribution in [2.24, 2.45) is 0 Å². The van der Waals surface area contributed by atoms with Crippen LogP contribution in [-0.4, -0.2) is 33.4 Å². The zero-order valence-electron chi connectivity index (χ0n) is 11.7. The van der Waals surface area contributed by atoms with Crippen molar-refractivity contribution in [2.75, 3.05) is 18.4 Å². The molecule has 1 aliphatic heterocycles. The van der Waals surface area contributed by atoms with Crippen LogP contribution in [0.1, 0.15) is 24.2 Å². The van der Waals surface area contributed by atoms with E-state index in [0.29, 0.717) is 6.04 Å². The number of aromatic nitrogens is 2. The molecule has 1 aromatic heterocycles. The zero-order chi connectivity index (χ0) is 13.8. The second-order valence-electron chi connectivity index (χ2n) is 5.35. The van der Waals surface area contributed by atoms with Gasteiger partial charge in [-0.3, -0.25) is 4.90 Å². The normalized spacial score (nSPS) is 19.9. The number of nitrogens with zero attached hydrogens (tertiary/aromatic N) is 3. The van der Waals surface area contributed by atoms with Crippen molar-refractivity contribution in [1.82, 2.24) is 14.3 Å². The van der Waals surface area contributed by atoms with E-state index in [0.717, 1.165) is 24.0 Å². The van der Waals surface area contributed by atoms with Gasteiger partial charge in [0.2, 0.25) is 5.13 Å². The molecule has 1 aromatic carbocycles. The summed E-state index contributed by atoms with van der Waals surface area (Å²) < 4.78 is 4.22. The Morgan fingerprint density at radius 2 is 2.20 bits per heavy atom. The molecule has 20 heavy (non-hydrogen) atoms. The fourth-order valence-electron chi connectivity index (χ4n) is 2.69. The van der Waals surface area contributed by atoms with Crippen LogP contribution in [0.25, 0.3) is 0 Å². The maximum Gasteiger partial charge on any atom is 0.202 e. The average Bonchev–Trinajstić information content (AvgIpc) is 2.86. The van der Waals surface area contributed by atoms with E-state index in [1.165, 1.54) is 36.5 Å². The summed E-state index contributed by atoms with van der Waals surface area (Å²) in [5, 5.41) is 4.47. The zero-order valence-corrected chi connectivity index (χ0v) is 12.6. The number of rotatable bonds is 4. The topological polar surface area (TPSA) is 41.1 Å². The molecule has 4 nitrogen and oxygen atoms in total. The fourth-order valence-corrected chi connectivity index (χ4v) is 3.34. The van der Waals surface area contributed by atoms with Crippen molar-refractivity contribution in [3.63, 3.8) is 0 Å². The molecular formula is C15H20N4S. The number of anilines is 1. The number of likely N-dealkylation sites (tertiary alicyclic amines) is 1. The van der Waals surface area contributed by atoms with Crippen molar-refractivity contribution in [2.45, 2.75) is 32.4 Å². The maximum atomic E-state index is 4.39. The van der Waals surface area contributed by atoms with E-state index in [-0.39, 0.29) is 0 Å². The van der Waals surface area contributed by atoms with Gasteiger partial charge in [-0.15, -0.1) is 0 Å². The molecule has 2 heterocycles. The lowest BCUT2D eigenvalue weighted by Crippen LogP contribution is -2.41. The highest BCUT2D eigenvalue weighted by molar-refractivity contribution is 7.09. The van der Waals surface area contributed by atoms with Gasteiger partial charge in [-0.2, -0.15) is 4.37 Å². The van der Waals surface area contributed by atoms with E-state index in [2.05, 4.69) is 49.9 Å². The fraction of sp³-hybridized carbons (Fsp3) is 0.467. The minimum atomic E-state index is 0.486. The summed E-state index contributed by atoms with van der Waals surface area (Å²) in [6.07, 6.45) is 2.45. The molecule has 1 atom stereocenters. The van der Waals surface area contributed by atoms with Gasteiger partial charge in [0.05, 0.1) is 0 Å². The Morgan fingerprint density at radius 3 is 2.95 bits per heavy atom. The third kappa shape index (κ3) is 3.55. The van der Waals surface area contributed by atoms with Gasteiger partial charge >= 0.3 is 0 Å². The average molecular weight is 288 g/mol. The molecule has 0 aliphatic carbocycles. The van der Waals surface area contributed by atoms with Gasteiger partial charge < -0.3 is 5.32 Å². The smallest absolute Gasteiger partial charge is 0.202 e. The Hall–Kier alpha value is -1.46. The van der Waals surface area contributed by atoms with E-state index in [4.69, 9.17) is 0 Å². The highest BCUT2D eigenvalue weighted by atomic mass is 32.1. The summed E-state index contributed by atoms with van der Waals surface area (Å²) in [7, 11) is 0. The predicted molar refractivity (Wildman–Crippen MR) is 83.0 cm³/mol. The standard InChI is InChI=1S/C15H20N4S/c1-12-16-15(20-18-12)17-14-8-5-9-19(11-14)10-13-6-3-2-4-7-13/h2-4,6-7,14H,5,8-11H2,1H3,(H,16,17,18). The first-order valence-electron chi connectivity index (χ1n) is 7.13. The summed E-state index contributed by atoms with van der Waals surface area (Å²) in [6.45, 7) is 5.23. The van der Waals surface area contributed by atoms with E-state index in [9.17, 15) is 0 Å². The predicted octanol–water partition coefficient (Wildman–Crippen LogP) is 2.92. The lowest BCUT2D eigenvalue weighted by Gasteiger charge is -2.33. The Labute approximate surface area is 124 Å². The lowest BCUT2D eigenvalue weighted by atomic mass is 10.1. The van der Waals surface area contributed by atoms with E-state index in [1.54, 1.807) is 0 Å². The van der Waals surface area contributed by atoms with E-state index in [1.807, 2.05) is 6.92 Å². The molecular weight excluding hydrogens is 268 g/mol. The number of hydrogen-bond acceptors (Lipinski definition) is 5. The van der Waals surface area contributed by atoms with Crippen LogP contribution in [-0.2, 0) is 6.54 Å². The summed E-state index contributed by atoms with van der Waals surface area (Å²) in [4.78, 5) is 6.91. The van der Waals surface area contributed by atoms with Gasteiger partial charge in [0.1, 0.15) is 5.82 Å². The molecule has 1 unspecified atom stereocenters. The molecule has 106 valence electrons. The highest BCUT2D eigenvalue weighted by Crippen LogP contribution is 2.19. The Kier molecular flexibility index (Phi) is 4.28. The summed E-state index contributed by atoms with van der Waals surface area (Å²) >= 11 is 1.46. The summed E-state index contributed by atoms with van der Waals surface area (Å²) in [6, 6.07) is 11.2. The molecule has 0 bridgehead atoms. The molecule has 0 radical (unpaired) electrons. The maximum absolute atomic E-state index is 4.39.